The molecule has 2 aliphatic rings. The van der Waals surface area contributed by atoms with E-state index in [1.807, 2.05) is 230 Å². The van der Waals surface area contributed by atoms with Crippen LogP contribution in [0.2, 0.25) is 0 Å². The molecule has 2 amide bonds. The Morgan fingerprint density at radius 2 is 0.712 bits per heavy atom. The highest BCUT2D eigenvalue weighted by molar-refractivity contribution is 7.84. The first-order valence-electron chi connectivity index (χ1n) is 23.0. The topological polar surface area (TPSA) is 81.2 Å². The number of benzene rings is 6. The molecule has 2 heterocycles. The molecular weight excluding hydrogens is 857 g/mol. The van der Waals surface area contributed by atoms with Crippen LogP contribution in [0.5, 0.6) is 0 Å². The van der Waals surface area contributed by atoms with Crippen LogP contribution in [-0.2, 0) is 68.6 Å². The van der Waals surface area contributed by atoms with Crippen molar-refractivity contribution in [2.24, 2.45) is 0 Å². The lowest BCUT2D eigenvalue weighted by atomic mass is 9.54. The highest BCUT2D eigenvalue weighted by atomic mass is 32.2. The van der Waals surface area contributed by atoms with E-state index in [0.717, 1.165) is 44.8 Å². The minimum Gasteiger partial charge on any atom is -0.307 e. The molecule has 0 aromatic heterocycles. The molecule has 4 unspecified atom stereocenters. The van der Waals surface area contributed by atoms with Crippen LogP contribution in [0.4, 0.5) is 11.4 Å². The summed E-state index contributed by atoms with van der Waals surface area (Å²) in [6.45, 7) is 13.7. The molecule has 6 aromatic carbocycles. The molecule has 0 saturated heterocycles. The number of rotatable bonds is 17. The standard InChI is InChI=1S/C56H62N4O4S2/c1-53(2,3)65(63)57(39-43-23-11-7-12-24-43)37-35-55(47-31-19-21-33-49(47)59(51(55)61)41-45-27-15-9-16-28-45)56(36-38-58(66(64)54(4,5)6)40-44-25-13-8-14-26-44)48-32-20-22-34-50(48)60(52(56)62)42-46-29-17-10-18-30-46/h7-34H,35-42H2,1-6H3. The quantitative estimate of drug-likeness (QED) is 0.0913. The van der Waals surface area contributed by atoms with Gasteiger partial charge in [0.25, 0.3) is 0 Å². The van der Waals surface area contributed by atoms with Crippen LogP contribution in [0.25, 0.3) is 0 Å². The average molecular weight is 919 g/mol. The molecule has 10 heteroatoms. The fourth-order valence-electron chi connectivity index (χ4n) is 10.0. The molecule has 2 aliphatic heterocycles. The summed E-state index contributed by atoms with van der Waals surface area (Å²) < 4.78 is 32.4. The second-order valence-corrected chi connectivity index (χ2v) is 24.0. The maximum atomic E-state index is 16.7. The maximum absolute atomic E-state index is 16.7. The van der Waals surface area contributed by atoms with Crippen LogP contribution in [0, 0.1) is 0 Å². The minimum absolute atomic E-state index is 0.176. The van der Waals surface area contributed by atoms with E-state index in [9.17, 15) is 8.42 Å². The Labute approximate surface area is 396 Å². The first-order chi connectivity index (χ1) is 31.6. The summed E-state index contributed by atoms with van der Waals surface area (Å²) in [5.41, 5.74) is 3.96. The second kappa shape index (κ2) is 19.4. The first-order valence-corrected chi connectivity index (χ1v) is 25.2. The van der Waals surface area contributed by atoms with E-state index in [4.69, 9.17) is 0 Å². The van der Waals surface area contributed by atoms with Crippen molar-refractivity contribution in [3.63, 3.8) is 0 Å². The molecule has 0 bridgehead atoms. The number of amides is 2. The molecule has 66 heavy (non-hydrogen) atoms. The summed E-state index contributed by atoms with van der Waals surface area (Å²) in [6, 6.07) is 56.0. The summed E-state index contributed by atoms with van der Waals surface area (Å²) in [4.78, 5) is 37.1. The fourth-order valence-corrected chi connectivity index (χ4v) is 12.6. The Hall–Kier alpha value is -5.52. The van der Waals surface area contributed by atoms with Gasteiger partial charge in [0.1, 0.15) is 22.0 Å². The number of hydrogen-bond acceptors (Lipinski definition) is 4. The maximum Gasteiger partial charge on any atom is 0.239 e. The first kappa shape index (κ1) is 47.0. The number of carbonyl (C=O) groups excluding carboxylic acids is 2. The largest absolute Gasteiger partial charge is 0.307 e. The number of anilines is 2. The van der Waals surface area contributed by atoms with Gasteiger partial charge in [0.2, 0.25) is 11.8 Å². The highest BCUT2D eigenvalue weighted by Gasteiger charge is 2.70. The third-order valence-electron chi connectivity index (χ3n) is 13.0. The SMILES string of the molecule is CC(C)(C)S(=O)N(CCC1(C2(CCN(Cc3ccccc3)S(=O)C(C)(C)C)C(=O)N(Cc3ccccc3)c3ccccc32)C(=O)N(Cc2ccccc2)c2ccccc21)Cc1ccccc1. The van der Waals surface area contributed by atoms with Gasteiger partial charge in [0, 0.05) is 37.6 Å². The van der Waals surface area contributed by atoms with Crippen molar-refractivity contribution in [3.8, 4) is 0 Å². The van der Waals surface area contributed by atoms with E-state index >= 15 is 9.59 Å². The lowest BCUT2D eigenvalue weighted by molar-refractivity contribution is -0.136. The van der Waals surface area contributed by atoms with Crippen LogP contribution in [-0.4, -0.2) is 51.4 Å². The normalized spacial score (nSPS) is 19.3. The van der Waals surface area contributed by atoms with E-state index in [1.165, 1.54) is 0 Å². The van der Waals surface area contributed by atoms with Gasteiger partial charge in [0.15, 0.2) is 0 Å². The van der Waals surface area contributed by atoms with Gasteiger partial charge in [-0.2, -0.15) is 0 Å². The van der Waals surface area contributed by atoms with Gasteiger partial charge in [0.05, 0.1) is 33.4 Å². The number of hydrogen-bond donors (Lipinski definition) is 0. The lowest BCUT2D eigenvalue weighted by Crippen LogP contribution is -2.61. The molecule has 0 fully saturated rings. The molecule has 0 N–H and O–H groups in total. The molecule has 0 spiro atoms. The van der Waals surface area contributed by atoms with Crippen LogP contribution >= 0.6 is 0 Å². The Bertz CT molecular complexity index is 2500. The predicted octanol–water partition coefficient (Wildman–Crippen LogP) is 10.7. The van der Waals surface area contributed by atoms with E-state index in [1.54, 1.807) is 0 Å². The molecule has 342 valence electrons. The summed E-state index contributed by atoms with van der Waals surface area (Å²) >= 11 is 0. The smallest absolute Gasteiger partial charge is 0.239 e. The van der Waals surface area contributed by atoms with Crippen LogP contribution in [0.15, 0.2) is 170 Å². The minimum atomic E-state index is -1.50. The molecule has 0 saturated carbocycles. The zero-order valence-electron chi connectivity index (χ0n) is 39.1. The number of carbonyl (C=O) groups is 2. The van der Waals surface area contributed by atoms with E-state index in [0.29, 0.717) is 26.2 Å². The van der Waals surface area contributed by atoms with Crippen molar-refractivity contribution in [2.75, 3.05) is 22.9 Å². The summed E-state index contributed by atoms with van der Waals surface area (Å²) in [6.07, 6.45) is 0.367. The zero-order chi connectivity index (χ0) is 46.7. The lowest BCUT2D eigenvalue weighted by Gasteiger charge is -2.46. The molecule has 8 nitrogen and oxygen atoms in total. The van der Waals surface area contributed by atoms with Gasteiger partial charge in [-0.3, -0.25) is 9.59 Å². The van der Waals surface area contributed by atoms with Crippen molar-refractivity contribution in [3.05, 3.63) is 203 Å². The van der Waals surface area contributed by atoms with Crippen molar-refractivity contribution < 1.29 is 18.0 Å². The van der Waals surface area contributed by atoms with Crippen LogP contribution < -0.4 is 9.80 Å². The predicted molar refractivity (Wildman–Crippen MR) is 270 cm³/mol. The number of nitrogens with zero attached hydrogens (tertiary/aromatic N) is 4. The van der Waals surface area contributed by atoms with Crippen molar-refractivity contribution in [1.82, 2.24) is 8.61 Å². The van der Waals surface area contributed by atoms with Gasteiger partial charge in [-0.1, -0.05) is 158 Å². The number of para-hydroxylation sites is 2. The summed E-state index contributed by atoms with van der Waals surface area (Å²) in [7, 11) is -2.98. The van der Waals surface area contributed by atoms with Gasteiger partial charge >= 0.3 is 0 Å². The molecule has 4 atom stereocenters. The van der Waals surface area contributed by atoms with Crippen molar-refractivity contribution in [1.29, 1.82) is 0 Å². The van der Waals surface area contributed by atoms with Gasteiger partial charge in [-0.25, -0.2) is 17.0 Å². The van der Waals surface area contributed by atoms with E-state index in [-0.39, 0.29) is 37.7 Å². The summed E-state index contributed by atoms with van der Waals surface area (Å²) in [5.74, 6) is -0.352. The monoisotopic (exact) mass is 918 g/mol. The third kappa shape index (κ3) is 9.13. The van der Waals surface area contributed by atoms with Crippen LogP contribution in [0.3, 0.4) is 0 Å². The fraction of sp³-hybridized carbons (Fsp3) is 0.321. The third-order valence-corrected chi connectivity index (χ3v) is 16.7. The molecule has 6 aromatic rings. The van der Waals surface area contributed by atoms with Crippen molar-refractivity contribution in [2.45, 2.75) is 101 Å². The van der Waals surface area contributed by atoms with Gasteiger partial charge in [-0.05, 0) is 99.9 Å². The Balaban J connectivity index is 1.37. The van der Waals surface area contributed by atoms with Gasteiger partial charge in [-0.15, -0.1) is 0 Å². The molecule has 0 aliphatic carbocycles. The summed E-state index contributed by atoms with van der Waals surface area (Å²) in [5, 5.41) is 0. The highest BCUT2D eigenvalue weighted by Crippen LogP contribution is 2.62. The zero-order valence-corrected chi connectivity index (χ0v) is 40.7. The second-order valence-electron chi connectivity index (χ2n) is 19.5. The van der Waals surface area contributed by atoms with E-state index in [2.05, 4.69) is 0 Å². The van der Waals surface area contributed by atoms with Gasteiger partial charge < -0.3 is 9.80 Å². The Kier molecular flexibility index (Phi) is 13.8. The average Bonchev–Trinajstić information content (AvgIpc) is 3.70. The van der Waals surface area contributed by atoms with Crippen molar-refractivity contribution >= 4 is 45.2 Å². The van der Waals surface area contributed by atoms with Crippen LogP contribution in [0.1, 0.15) is 87.8 Å². The molecular formula is C56H62N4O4S2. The Morgan fingerprint density at radius 3 is 1.03 bits per heavy atom. The Morgan fingerprint density at radius 1 is 0.424 bits per heavy atom. The molecule has 0 radical (unpaired) electrons. The number of fused-ring (bicyclic) bond motifs is 2. The van der Waals surface area contributed by atoms with E-state index < -0.39 is 42.3 Å². The molecule has 8 rings (SSSR count).